The number of rotatable bonds is 3. The zero-order chi connectivity index (χ0) is 15.8. The molecule has 2 aromatic carbocycles. The Morgan fingerprint density at radius 2 is 1.62 bits per heavy atom. The maximum absolute atomic E-state index is 12.4. The van der Waals surface area contributed by atoms with E-state index in [-0.39, 0.29) is 14.9 Å². The molecule has 21 heavy (non-hydrogen) atoms. The Morgan fingerprint density at radius 1 is 1.05 bits per heavy atom. The van der Waals surface area contributed by atoms with Gasteiger partial charge in [-0.25, -0.2) is 8.42 Å². The molecule has 0 fully saturated rings. The molecule has 0 spiro atoms. The van der Waals surface area contributed by atoms with E-state index in [2.05, 4.69) is 4.72 Å². The molecular weight excluding hydrogens is 331 g/mol. The third kappa shape index (κ3) is 3.43. The molecule has 0 bridgehead atoms. The number of benzene rings is 2. The molecule has 7 heteroatoms. The third-order valence-corrected chi connectivity index (χ3v) is 4.92. The highest BCUT2D eigenvalue weighted by molar-refractivity contribution is 7.92. The molecule has 4 nitrogen and oxygen atoms in total. The van der Waals surface area contributed by atoms with Crippen LogP contribution in [0.25, 0.3) is 0 Å². The van der Waals surface area contributed by atoms with Gasteiger partial charge in [0.1, 0.15) is 0 Å². The molecule has 2 aromatic rings. The fourth-order valence-corrected chi connectivity index (χ4v) is 3.73. The topological polar surface area (TPSA) is 72.2 Å². The molecule has 0 amide bonds. The van der Waals surface area contributed by atoms with Crippen LogP contribution in [0.2, 0.25) is 10.0 Å². The first-order chi connectivity index (χ1) is 9.70. The molecule has 0 atom stereocenters. The van der Waals surface area contributed by atoms with Crippen molar-refractivity contribution in [3.8, 4) is 0 Å². The molecule has 0 unspecified atom stereocenters. The van der Waals surface area contributed by atoms with Gasteiger partial charge in [0, 0.05) is 10.0 Å². The minimum absolute atomic E-state index is 0.0136. The summed E-state index contributed by atoms with van der Waals surface area (Å²) < 4.78 is 27.4. The number of hydrogen-bond acceptors (Lipinski definition) is 3. The fraction of sp³-hybridized carbons (Fsp3) is 0.143. The molecule has 0 aromatic heterocycles. The lowest BCUT2D eigenvalue weighted by Crippen LogP contribution is -2.15. The first-order valence-corrected chi connectivity index (χ1v) is 8.29. The molecule has 0 radical (unpaired) electrons. The van der Waals surface area contributed by atoms with E-state index < -0.39 is 10.0 Å². The Hall–Kier alpha value is -1.43. The van der Waals surface area contributed by atoms with Crippen LogP contribution in [0.1, 0.15) is 11.1 Å². The molecule has 0 saturated heterocycles. The molecule has 2 rings (SSSR count). The van der Waals surface area contributed by atoms with Crippen LogP contribution in [0.5, 0.6) is 0 Å². The minimum Gasteiger partial charge on any atom is -0.397 e. The Balaban J connectivity index is 2.50. The van der Waals surface area contributed by atoms with Gasteiger partial charge < -0.3 is 5.73 Å². The molecule has 0 aliphatic carbocycles. The lowest BCUT2D eigenvalue weighted by Gasteiger charge is -2.15. The maximum Gasteiger partial charge on any atom is 0.262 e. The number of aryl methyl sites for hydroxylation is 1. The predicted molar refractivity (Wildman–Crippen MR) is 87.6 cm³/mol. The van der Waals surface area contributed by atoms with Crippen molar-refractivity contribution in [3.05, 3.63) is 51.5 Å². The van der Waals surface area contributed by atoms with Crippen molar-refractivity contribution < 1.29 is 8.42 Å². The van der Waals surface area contributed by atoms with Crippen molar-refractivity contribution in [2.75, 3.05) is 10.5 Å². The number of anilines is 2. The molecule has 0 saturated carbocycles. The van der Waals surface area contributed by atoms with Crippen molar-refractivity contribution >= 4 is 44.6 Å². The summed E-state index contributed by atoms with van der Waals surface area (Å²) in [4.78, 5) is -0.0136. The van der Waals surface area contributed by atoms with Crippen LogP contribution < -0.4 is 10.5 Å². The van der Waals surface area contributed by atoms with Gasteiger partial charge in [-0.2, -0.15) is 0 Å². The summed E-state index contributed by atoms with van der Waals surface area (Å²) in [5.74, 6) is 0. The fourth-order valence-electron chi connectivity index (χ4n) is 1.85. The highest BCUT2D eigenvalue weighted by Gasteiger charge is 2.18. The summed E-state index contributed by atoms with van der Waals surface area (Å²) in [5, 5.41) is 0.494. The second-order valence-electron chi connectivity index (χ2n) is 4.68. The van der Waals surface area contributed by atoms with Crippen LogP contribution in [0.4, 0.5) is 11.4 Å². The van der Waals surface area contributed by atoms with E-state index in [0.717, 1.165) is 11.1 Å². The van der Waals surface area contributed by atoms with Crippen molar-refractivity contribution in [2.45, 2.75) is 18.7 Å². The number of nitrogen functional groups attached to an aromatic ring is 1. The van der Waals surface area contributed by atoms with Gasteiger partial charge in [-0.15, -0.1) is 0 Å². The average molecular weight is 345 g/mol. The second kappa shape index (κ2) is 5.75. The lowest BCUT2D eigenvalue weighted by molar-refractivity contribution is 0.601. The SMILES string of the molecule is Cc1ccc(N)c(NS(=O)(=O)c2cc(Cl)cc(Cl)c2)c1C. The summed E-state index contributed by atoms with van der Waals surface area (Å²) in [6.07, 6.45) is 0. The smallest absolute Gasteiger partial charge is 0.262 e. The van der Waals surface area contributed by atoms with E-state index in [4.69, 9.17) is 28.9 Å². The van der Waals surface area contributed by atoms with Crippen LogP contribution in [0.15, 0.2) is 35.2 Å². The molecule has 3 N–H and O–H groups in total. The predicted octanol–water partition coefficient (Wildman–Crippen LogP) is 3.99. The zero-order valence-electron chi connectivity index (χ0n) is 11.4. The molecular formula is C14H14Cl2N2O2S. The summed E-state index contributed by atoms with van der Waals surface area (Å²) in [5.41, 5.74) is 8.29. The largest absolute Gasteiger partial charge is 0.397 e. The summed E-state index contributed by atoms with van der Waals surface area (Å²) in [6, 6.07) is 7.62. The minimum atomic E-state index is -3.82. The Labute approximate surface area is 133 Å². The Kier molecular flexibility index (Phi) is 4.37. The lowest BCUT2D eigenvalue weighted by atomic mass is 10.1. The van der Waals surface area contributed by atoms with E-state index in [9.17, 15) is 8.42 Å². The van der Waals surface area contributed by atoms with E-state index in [0.29, 0.717) is 11.4 Å². The van der Waals surface area contributed by atoms with Gasteiger partial charge in [-0.05, 0) is 49.2 Å². The zero-order valence-corrected chi connectivity index (χ0v) is 13.8. The number of nitrogens with one attached hydrogen (secondary N) is 1. The molecule has 112 valence electrons. The van der Waals surface area contributed by atoms with Gasteiger partial charge in [0.15, 0.2) is 0 Å². The molecule has 0 aliphatic heterocycles. The van der Waals surface area contributed by atoms with E-state index in [1.165, 1.54) is 18.2 Å². The van der Waals surface area contributed by atoms with Crippen molar-refractivity contribution in [2.24, 2.45) is 0 Å². The number of hydrogen-bond donors (Lipinski definition) is 2. The van der Waals surface area contributed by atoms with Gasteiger partial charge in [0.25, 0.3) is 10.0 Å². The summed E-state index contributed by atoms with van der Waals surface area (Å²) in [6.45, 7) is 3.68. The van der Waals surface area contributed by atoms with Crippen molar-refractivity contribution in [3.63, 3.8) is 0 Å². The van der Waals surface area contributed by atoms with Gasteiger partial charge in [0.2, 0.25) is 0 Å². The average Bonchev–Trinajstić information content (AvgIpc) is 2.38. The third-order valence-electron chi connectivity index (χ3n) is 3.15. The maximum atomic E-state index is 12.4. The van der Waals surface area contributed by atoms with E-state index >= 15 is 0 Å². The standard InChI is InChI=1S/C14H14Cl2N2O2S/c1-8-3-4-13(17)14(9(8)2)18-21(19,20)12-6-10(15)5-11(16)7-12/h3-7,18H,17H2,1-2H3. The van der Waals surface area contributed by atoms with E-state index in [1.807, 2.05) is 13.0 Å². The Morgan fingerprint density at radius 3 is 2.19 bits per heavy atom. The molecule has 0 heterocycles. The highest BCUT2D eigenvalue weighted by Crippen LogP contribution is 2.30. The van der Waals surface area contributed by atoms with Crippen LogP contribution in [0, 0.1) is 13.8 Å². The van der Waals surface area contributed by atoms with Crippen LogP contribution in [0.3, 0.4) is 0 Å². The van der Waals surface area contributed by atoms with Crippen LogP contribution >= 0.6 is 23.2 Å². The number of nitrogens with two attached hydrogens (primary N) is 1. The Bertz CT molecular complexity index is 785. The van der Waals surface area contributed by atoms with Crippen LogP contribution in [-0.2, 0) is 10.0 Å². The van der Waals surface area contributed by atoms with Crippen molar-refractivity contribution in [1.29, 1.82) is 0 Å². The summed E-state index contributed by atoms with van der Waals surface area (Å²) in [7, 11) is -3.82. The summed E-state index contributed by atoms with van der Waals surface area (Å²) >= 11 is 11.7. The van der Waals surface area contributed by atoms with Gasteiger partial charge in [0.05, 0.1) is 16.3 Å². The first kappa shape index (κ1) is 15.9. The van der Waals surface area contributed by atoms with E-state index in [1.54, 1.807) is 13.0 Å². The van der Waals surface area contributed by atoms with Crippen LogP contribution in [-0.4, -0.2) is 8.42 Å². The first-order valence-electron chi connectivity index (χ1n) is 6.05. The second-order valence-corrected chi connectivity index (χ2v) is 7.24. The quantitative estimate of drug-likeness (QED) is 0.826. The molecule has 0 aliphatic rings. The van der Waals surface area contributed by atoms with Gasteiger partial charge >= 0.3 is 0 Å². The monoisotopic (exact) mass is 344 g/mol. The number of halogens is 2. The van der Waals surface area contributed by atoms with Gasteiger partial charge in [-0.3, -0.25) is 4.72 Å². The normalized spacial score (nSPS) is 11.4. The van der Waals surface area contributed by atoms with Gasteiger partial charge in [-0.1, -0.05) is 29.3 Å². The highest BCUT2D eigenvalue weighted by atomic mass is 35.5. The van der Waals surface area contributed by atoms with Crippen molar-refractivity contribution in [1.82, 2.24) is 0 Å². The number of sulfonamides is 1.